The molecule has 25 heavy (non-hydrogen) atoms. The number of rotatable bonds is 6. The van der Waals surface area contributed by atoms with Crippen molar-refractivity contribution in [3.05, 3.63) is 34.7 Å². The molecule has 134 valence electrons. The van der Waals surface area contributed by atoms with Gasteiger partial charge < -0.3 is 14.6 Å². The predicted octanol–water partition coefficient (Wildman–Crippen LogP) is 2.87. The van der Waals surface area contributed by atoms with E-state index in [1.807, 2.05) is 11.9 Å². The number of aromatic nitrogens is 2. The Bertz CT molecular complexity index is 781. The molecule has 1 heterocycles. The van der Waals surface area contributed by atoms with Crippen LogP contribution >= 0.6 is 0 Å². The highest BCUT2D eigenvalue weighted by atomic mass is 16.5. The molecule has 1 aliphatic carbocycles. The number of hydrogen-bond donors (Lipinski definition) is 1. The van der Waals surface area contributed by atoms with E-state index in [0.29, 0.717) is 42.3 Å². The molecule has 0 unspecified atom stereocenters. The Morgan fingerprint density at radius 1 is 1.32 bits per heavy atom. The van der Waals surface area contributed by atoms with E-state index in [0.717, 1.165) is 12.8 Å². The summed E-state index contributed by atoms with van der Waals surface area (Å²) in [5, 5.41) is 0. The predicted molar refractivity (Wildman–Crippen MR) is 96.7 cm³/mol. The lowest BCUT2D eigenvalue weighted by Crippen LogP contribution is -2.38. The van der Waals surface area contributed by atoms with E-state index in [-0.39, 0.29) is 11.5 Å². The maximum absolute atomic E-state index is 12.3. The lowest BCUT2D eigenvalue weighted by atomic mass is 9.94. The highest BCUT2D eigenvalue weighted by molar-refractivity contribution is 5.76. The second-order valence-electron chi connectivity index (χ2n) is 6.67. The fourth-order valence-electron chi connectivity index (χ4n) is 3.37. The summed E-state index contributed by atoms with van der Waals surface area (Å²) in [7, 11) is 1.93. The minimum absolute atomic E-state index is 0.202. The Labute approximate surface area is 147 Å². The number of amides is 1. The minimum atomic E-state index is -0.221. The zero-order valence-corrected chi connectivity index (χ0v) is 14.7. The van der Waals surface area contributed by atoms with Gasteiger partial charge in [0, 0.05) is 25.6 Å². The molecule has 1 amide bonds. The number of H-pyrrole nitrogens is 1. The Morgan fingerprint density at radius 2 is 2.12 bits per heavy atom. The summed E-state index contributed by atoms with van der Waals surface area (Å²) in [5.41, 5.74) is 1.15. The van der Waals surface area contributed by atoms with Crippen LogP contribution in [0, 0.1) is 0 Å². The number of hydrogen-bond acceptors (Lipinski definition) is 4. The van der Waals surface area contributed by atoms with Crippen molar-refractivity contribution in [2.45, 2.75) is 51.0 Å². The number of carbonyl (C=O) groups excluding carboxylic acids is 1. The molecule has 3 rings (SSSR count). The fourth-order valence-corrected chi connectivity index (χ4v) is 3.37. The van der Waals surface area contributed by atoms with Crippen molar-refractivity contribution in [1.29, 1.82) is 0 Å². The van der Waals surface area contributed by atoms with Crippen LogP contribution in [0.2, 0.25) is 0 Å². The number of fused-ring (bicyclic) bond motifs is 1. The third-order valence-electron chi connectivity index (χ3n) is 4.87. The van der Waals surface area contributed by atoms with Gasteiger partial charge in [-0.05, 0) is 31.4 Å². The summed E-state index contributed by atoms with van der Waals surface area (Å²) >= 11 is 0. The molecule has 6 nitrogen and oxygen atoms in total. The van der Waals surface area contributed by atoms with Gasteiger partial charge in [0.25, 0.3) is 5.56 Å². The molecule has 1 aliphatic rings. The van der Waals surface area contributed by atoms with E-state index in [2.05, 4.69) is 9.97 Å². The van der Waals surface area contributed by atoms with E-state index in [1.54, 1.807) is 18.2 Å². The second kappa shape index (κ2) is 8.14. The van der Waals surface area contributed by atoms with Crippen molar-refractivity contribution in [3.8, 4) is 5.75 Å². The topological polar surface area (TPSA) is 75.3 Å². The van der Waals surface area contributed by atoms with Crippen LogP contribution in [0.25, 0.3) is 11.0 Å². The molecule has 0 aliphatic heterocycles. The van der Waals surface area contributed by atoms with Gasteiger partial charge in [-0.15, -0.1) is 0 Å². The monoisotopic (exact) mass is 343 g/mol. The summed E-state index contributed by atoms with van der Waals surface area (Å²) in [4.78, 5) is 32.2. The average molecular weight is 343 g/mol. The highest BCUT2D eigenvalue weighted by Gasteiger charge is 2.21. The number of nitrogens with zero attached hydrogens (tertiary/aromatic N) is 2. The van der Waals surface area contributed by atoms with Crippen LogP contribution in [0.3, 0.4) is 0 Å². The first kappa shape index (κ1) is 17.5. The second-order valence-corrected chi connectivity index (χ2v) is 6.67. The van der Waals surface area contributed by atoms with Gasteiger partial charge >= 0.3 is 0 Å². The summed E-state index contributed by atoms with van der Waals surface area (Å²) < 4.78 is 5.72. The number of nitrogens with one attached hydrogen (secondary N) is 1. The van der Waals surface area contributed by atoms with Crippen LogP contribution in [0.15, 0.2) is 29.2 Å². The Kier molecular flexibility index (Phi) is 5.68. The molecule has 6 heteroatoms. The van der Waals surface area contributed by atoms with Crippen LogP contribution in [0.5, 0.6) is 5.75 Å². The maximum Gasteiger partial charge on any atom is 0.266 e. The van der Waals surface area contributed by atoms with Crippen molar-refractivity contribution in [2.24, 2.45) is 0 Å². The van der Waals surface area contributed by atoms with Gasteiger partial charge in [-0.3, -0.25) is 9.59 Å². The van der Waals surface area contributed by atoms with Gasteiger partial charge in [-0.25, -0.2) is 4.98 Å². The SMILES string of the molecule is CN(C(=O)CCCOc1ccc2[nH]c(=O)cnc2c1)C1CCCCC1. The van der Waals surface area contributed by atoms with Gasteiger partial charge in [0.15, 0.2) is 0 Å². The van der Waals surface area contributed by atoms with E-state index >= 15 is 0 Å². The first-order valence-electron chi connectivity index (χ1n) is 9.01. The van der Waals surface area contributed by atoms with Crippen molar-refractivity contribution < 1.29 is 9.53 Å². The quantitative estimate of drug-likeness (QED) is 0.818. The molecule has 1 saturated carbocycles. The normalized spacial score (nSPS) is 15.2. The minimum Gasteiger partial charge on any atom is -0.494 e. The standard InChI is InChI=1S/C19H25N3O3/c1-22(14-6-3-2-4-7-14)19(24)8-5-11-25-15-9-10-16-17(12-15)20-13-18(23)21-16/h9-10,12-14H,2-8,11H2,1H3,(H,21,23). The van der Waals surface area contributed by atoms with Crippen LogP contribution in [0.4, 0.5) is 0 Å². The van der Waals surface area contributed by atoms with Gasteiger partial charge in [0.05, 0.1) is 23.8 Å². The van der Waals surface area contributed by atoms with Gasteiger partial charge in [-0.1, -0.05) is 19.3 Å². The van der Waals surface area contributed by atoms with Crippen molar-refractivity contribution in [3.63, 3.8) is 0 Å². The maximum atomic E-state index is 12.3. The van der Waals surface area contributed by atoms with Crippen molar-refractivity contribution >= 4 is 16.9 Å². The van der Waals surface area contributed by atoms with Crippen molar-refractivity contribution in [2.75, 3.05) is 13.7 Å². The van der Waals surface area contributed by atoms with Gasteiger partial charge in [-0.2, -0.15) is 0 Å². The molecule has 2 aromatic rings. The Morgan fingerprint density at radius 3 is 2.92 bits per heavy atom. The van der Waals surface area contributed by atoms with Crippen LogP contribution in [-0.2, 0) is 4.79 Å². The molecule has 1 aromatic carbocycles. The fraction of sp³-hybridized carbons (Fsp3) is 0.526. The third-order valence-corrected chi connectivity index (χ3v) is 4.87. The van der Waals surface area contributed by atoms with E-state index in [1.165, 1.54) is 25.5 Å². The third kappa shape index (κ3) is 4.59. The molecule has 0 spiro atoms. The summed E-state index contributed by atoms with van der Waals surface area (Å²) in [6.45, 7) is 0.485. The van der Waals surface area contributed by atoms with E-state index in [4.69, 9.17) is 4.74 Å². The molecular formula is C19H25N3O3. The van der Waals surface area contributed by atoms with E-state index in [9.17, 15) is 9.59 Å². The smallest absolute Gasteiger partial charge is 0.266 e. The largest absolute Gasteiger partial charge is 0.494 e. The van der Waals surface area contributed by atoms with Crippen LogP contribution < -0.4 is 10.3 Å². The summed E-state index contributed by atoms with van der Waals surface area (Å²) in [6, 6.07) is 5.79. The average Bonchev–Trinajstić information content (AvgIpc) is 2.65. The molecule has 0 atom stereocenters. The lowest BCUT2D eigenvalue weighted by molar-refractivity contribution is -0.132. The number of benzene rings is 1. The molecule has 0 bridgehead atoms. The van der Waals surface area contributed by atoms with Gasteiger partial charge in [0.1, 0.15) is 5.75 Å². The Hall–Kier alpha value is -2.37. The molecule has 1 fully saturated rings. The molecule has 0 saturated heterocycles. The Balaban J connectivity index is 1.45. The first-order chi connectivity index (χ1) is 12.1. The molecule has 0 radical (unpaired) electrons. The molecule has 1 aromatic heterocycles. The zero-order chi connectivity index (χ0) is 17.6. The number of carbonyl (C=O) groups is 1. The van der Waals surface area contributed by atoms with E-state index < -0.39 is 0 Å². The van der Waals surface area contributed by atoms with Crippen molar-refractivity contribution in [1.82, 2.24) is 14.9 Å². The zero-order valence-electron chi connectivity index (χ0n) is 14.7. The van der Waals surface area contributed by atoms with Crippen LogP contribution in [0.1, 0.15) is 44.9 Å². The number of ether oxygens (including phenoxy) is 1. The summed E-state index contributed by atoms with van der Waals surface area (Å²) in [6.07, 6.45) is 8.46. The number of aromatic amines is 1. The summed E-state index contributed by atoms with van der Waals surface area (Å²) in [5.74, 6) is 0.897. The first-order valence-corrected chi connectivity index (χ1v) is 9.01. The van der Waals surface area contributed by atoms with Gasteiger partial charge in [0.2, 0.25) is 5.91 Å². The van der Waals surface area contributed by atoms with Crippen LogP contribution in [-0.4, -0.2) is 40.5 Å². The molecule has 1 N–H and O–H groups in total. The highest BCUT2D eigenvalue weighted by Crippen LogP contribution is 2.22. The molecular weight excluding hydrogens is 318 g/mol. The lowest BCUT2D eigenvalue weighted by Gasteiger charge is -2.31.